The maximum absolute atomic E-state index is 13.3. The van der Waals surface area contributed by atoms with E-state index in [0.29, 0.717) is 48.7 Å². The molecule has 204 valence electrons. The maximum atomic E-state index is 13.3. The summed E-state index contributed by atoms with van der Waals surface area (Å²) in [5.41, 5.74) is 8.02. The summed E-state index contributed by atoms with van der Waals surface area (Å²) >= 11 is 0. The van der Waals surface area contributed by atoms with E-state index in [-0.39, 0.29) is 29.3 Å². The number of hydrogen-bond acceptors (Lipinski definition) is 5. The first-order chi connectivity index (χ1) is 18.0. The molecule has 3 rings (SSSR count). The molecule has 0 unspecified atom stereocenters. The Morgan fingerprint density at radius 1 is 1.05 bits per heavy atom. The zero-order valence-electron chi connectivity index (χ0n) is 22.3. The van der Waals surface area contributed by atoms with Gasteiger partial charge in [-0.3, -0.25) is 14.4 Å². The second kappa shape index (κ2) is 13.3. The molecule has 8 nitrogen and oxygen atoms in total. The van der Waals surface area contributed by atoms with Gasteiger partial charge in [0.1, 0.15) is 5.82 Å². The van der Waals surface area contributed by atoms with E-state index >= 15 is 0 Å². The van der Waals surface area contributed by atoms with Crippen molar-refractivity contribution in [1.82, 2.24) is 10.2 Å². The second-order valence-electron chi connectivity index (χ2n) is 10.1. The van der Waals surface area contributed by atoms with Crippen LogP contribution in [0.3, 0.4) is 0 Å². The minimum Gasteiger partial charge on any atom is -0.338 e. The number of Topliss-reactive ketones (excluding diaryl/α,β-unsaturated/α-hetero) is 2. The molecule has 3 amide bonds. The topological polar surface area (TPSA) is 122 Å². The van der Waals surface area contributed by atoms with Crippen molar-refractivity contribution in [2.45, 2.75) is 65.0 Å². The molecule has 9 heteroatoms. The second-order valence-corrected chi connectivity index (χ2v) is 10.1. The smallest absolute Gasteiger partial charge is 0.319 e. The summed E-state index contributed by atoms with van der Waals surface area (Å²) in [6.07, 6.45) is 3.84. The molecule has 0 spiro atoms. The van der Waals surface area contributed by atoms with Crippen LogP contribution in [0, 0.1) is 11.7 Å². The Kier molecular flexibility index (Phi) is 10.1. The van der Waals surface area contributed by atoms with E-state index in [1.807, 2.05) is 4.90 Å². The van der Waals surface area contributed by atoms with Crippen molar-refractivity contribution in [3.63, 3.8) is 0 Å². The number of carbonyl (C=O) groups excluding carboxylic acids is 4. The van der Waals surface area contributed by atoms with Gasteiger partial charge in [-0.15, -0.1) is 0 Å². The highest BCUT2D eigenvalue weighted by Crippen LogP contribution is 2.29. The number of ketones is 2. The summed E-state index contributed by atoms with van der Waals surface area (Å²) in [4.78, 5) is 50.6. The molecule has 2 aromatic rings. The fraction of sp³-hybridized carbons (Fsp3) is 0.448. The number of hydrogen-bond donors (Lipinski definition) is 3. The Morgan fingerprint density at radius 3 is 2.26 bits per heavy atom. The molecule has 0 bridgehead atoms. The summed E-state index contributed by atoms with van der Waals surface area (Å²) in [6, 6.07) is 10.1. The standard InChI is InChI=1S/C29H37FN4O4/c1-18(31)28(37)34-12-10-22(13-21-6-8-25(30)9-7-21)14-27(34)5-4-11-32-29(38)33-26-16-23(19(2)35)15-24(17-26)20(3)36/h6-9,15-18,22,27H,4-5,10-14,31H2,1-3H3,(H2,32,33,38)/t18-,22+,27+/m1/s1. The van der Waals surface area contributed by atoms with Crippen LogP contribution in [0.25, 0.3) is 0 Å². The lowest BCUT2D eigenvalue weighted by Crippen LogP contribution is -2.51. The van der Waals surface area contributed by atoms with Gasteiger partial charge in [-0.2, -0.15) is 0 Å². The summed E-state index contributed by atoms with van der Waals surface area (Å²) in [6.45, 7) is 5.50. The number of nitrogens with two attached hydrogens (primary N) is 1. The van der Waals surface area contributed by atoms with Gasteiger partial charge in [-0.05, 0) is 94.7 Å². The van der Waals surface area contributed by atoms with Gasteiger partial charge in [-0.25, -0.2) is 9.18 Å². The van der Waals surface area contributed by atoms with E-state index in [1.54, 1.807) is 19.1 Å². The maximum Gasteiger partial charge on any atom is 0.319 e. The minimum absolute atomic E-state index is 0.00272. The quantitative estimate of drug-likeness (QED) is 0.316. The largest absolute Gasteiger partial charge is 0.338 e. The number of benzene rings is 2. The number of anilines is 1. The number of nitrogens with zero attached hydrogens (tertiary/aromatic N) is 1. The average Bonchev–Trinajstić information content (AvgIpc) is 2.87. The normalized spacial score (nSPS) is 18.0. The fourth-order valence-electron chi connectivity index (χ4n) is 4.92. The first kappa shape index (κ1) is 29.0. The third-order valence-electron chi connectivity index (χ3n) is 6.94. The van der Waals surface area contributed by atoms with Crippen LogP contribution in [0.1, 0.15) is 72.7 Å². The summed E-state index contributed by atoms with van der Waals surface area (Å²) < 4.78 is 13.3. The van der Waals surface area contributed by atoms with E-state index in [9.17, 15) is 23.6 Å². The predicted molar refractivity (Wildman–Crippen MR) is 145 cm³/mol. The number of nitrogens with one attached hydrogen (secondary N) is 2. The van der Waals surface area contributed by atoms with Crippen LogP contribution in [0.2, 0.25) is 0 Å². The molecule has 0 aliphatic carbocycles. The van der Waals surface area contributed by atoms with Gasteiger partial charge in [-0.1, -0.05) is 12.1 Å². The molecule has 1 heterocycles. The lowest BCUT2D eigenvalue weighted by molar-refractivity contribution is -0.136. The number of carbonyl (C=O) groups is 4. The third-order valence-corrected chi connectivity index (χ3v) is 6.94. The first-order valence-electron chi connectivity index (χ1n) is 13.1. The number of rotatable bonds is 10. The molecule has 3 atom stereocenters. The molecular formula is C29H37FN4O4. The molecule has 4 N–H and O–H groups in total. The fourth-order valence-corrected chi connectivity index (χ4v) is 4.92. The van der Waals surface area contributed by atoms with Crippen LogP contribution in [0.15, 0.2) is 42.5 Å². The van der Waals surface area contributed by atoms with E-state index < -0.39 is 12.1 Å². The molecule has 1 aliphatic heterocycles. The number of urea groups is 1. The Hall–Kier alpha value is -3.59. The summed E-state index contributed by atoms with van der Waals surface area (Å²) in [7, 11) is 0. The highest BCUT2D eigenvalue weighted by molar-refractivity contribution is 6.02. The van der Waals surface area contributed by atoms with Crippen molar-refractivity contribution in [3.8, 4) is 0 Å². The summed E-state index contributed by atoms with van der Waals surface area (Å²) in [5, 5.41) is 5.50. The number of likely N-dealkylation sites (tertiary alicyclic amines) is 1. The van der Waals surface area contributed by atoms with Crippen LogP contribution in [0.5, 0.6) is 0 Å². The summed E-state index contributed by atoms with van der Waals surface area (Å²) in [5.74, 6) is -0.373. The SMILES string of the molecule is CC(=O)c1cc(NC(=O)NCCC[C@H]2C[C@H](Cc3ccc(F)cc3)CCN2C(=O)[C@@H](C)N)cc(C(C)=O)c1. The van der Waals surface area contributed by atoms with E-state index in [1.165, 1.54) is 44.2 Å². The number of amides is 3. The van der Waals surface area contributed by atoms with E-state index in [0.717, 1.165) is 24.8 Å². The molecule has 0 aromatic heterocycles. The van der Waals surface area contributed by atoms with Gasteiger partial charge < -0.3 is 21.3 Å². The van der Waals surface area contributed by atoms with Gasteiger partial charge in [0, 0.05) is 35.9 Å². The van der Waals surface area contributed by atoms with Crippen molar-refractivity contribution in [3.05, 3.63) is 65.0 Å². The Bertz CT molecular complexity index is 1130. The average molecular weight is 525 g/mol. The Morgan fingerprint density at radius 2 is 1.68 bits per heavy atom. The lowest BCUT2D eigenvalue weighted by Gasteiger charge is -2.40. The highest BCUT2D eigenvalue weighted by atomic mass is 19.1. The number of piperidine rings is 1. The van der Waals surface area contributed by atoms with Crippen molar-refractivity contribution in [2.24, 2.45) is 11.7 Å². The zero-order valence-corrected chi connectivity index (χ0v) is 22.3. The molecular weight excluding hydrogens is 487 g/mol. The van der Waals surface area contributed by atoms with Crippen LogP contribution in [0.4, 0.5) is 14.9 Å². The lowest BCUT2D eigenvalue weighted by atomic mass is 9.84. The van der Waals surface area contributed by atoms with Crippen molar-refractivity contribution >= 4 is 29.2 Å². The Balaban J connectivity index is 1.55. The van der Waals surface area contributed by atoms with E-state index in [2.05, 4.69) is 10.6 Å². The van der Waals surface area contributed by atoms with Crippen LogP contribution < -0.4 is 16.4 Å². The molecule has 2 aromatic carbocycles. The van der Waals surface area contributed by atoms with Gasteiger partial charge >= 0.3 is 6.03 Å². The van der Waals surface area contributed by atoms with E-state index in [4.69, 9.17) is 5.73 Å². The van der Waals surface area contributed by atoms with Crippen molar-refractivity contribution < 1.29 is 23.6 Å². The minimum atomic E-state index is -0.583. The molecule has 0 saturated carbocycles. The van der Waals surface area contributed by atoms with Crippen LogP contribution in [-0.4, -0.2) is 53.6 Å². The molecule has 38 heavy (non-hydrogen) atoms. The Labute approximate surface area is 223 Å². The first-order valence-corrected chi connectivity index (χ1v) is 13.1. The van der Waals surface area contributed by atoms with Gasteiger partial charge in [0.2, 0.25) is 5.91 Å². The molecule has 1 fully saturated rings. The zero-order chi connectivity index (χ0) is 27.8. The van der Waals surface area contributed by atoms with Gasteiger partial charge in [0.05, 0.1) is 6.04 Å². The third kappa shape index (κ3) is 8.21. The van der Waals surface area contributed by atoms with Gasteiger partial charge in [0.25, 0.3) is 0 Å². The predicted octanol–water partition coefficient (Wildman–Crippen LogP) is 4.33. The molecule has 0 radical (unpaired) electrons. The van der Waals surface area contributed by atoms with Gasteiger partial charge in [0.15, 0.2) is 11.6 Å². The van der Waals surface area contributed by atoms with Crippen LogP contribution >= 0.6 is 0 Å². The van der Waals surface area contributed by atoms with Crippen LogP contribution in [-0.2, 0) is 11.2 Å². The van der Waals surface area contributed by atoms with Crippen molar-refractivity contribution in [2.75, 3.05) is 18.4 Å². The highest BCUT2D eigenvalue weighted by Gasteiger charge is 2.32. The molecule has 1 aliphatic rings. The monoisotopic (exact) mass is 524 g/mol. The van der Waals surface area contributed by atoms with Crippen molar-refractivity contribution in [1.29, 1.82) is 0 Å². The molecule has 1 saturated heterocycles. The number of halogens is 1.